The van der Waals surface area contributed by atoms with Crippen molar-refractivity contribution >= 4 is 75.9 Å². The quantitative estimate of drug-likeness (QED) is 0.121. The van der Waals surface area contributed by atoms with Crippen LogP contribution in [0.3, 0.4) is 0 Å². The first-order valence-corrected chi connectivity index (χ1v) is 19.8. The molecule has 13 nitrogen and oxygen atoms in total. The van der Waals surface area contributed by atoms with Crippen molar-refractivity contribution < 1.29 is 9.47 Å². The van der Waals surface area contributed by atoms with E-state index in [4.69, 9.17) is 25.2 Å². The highest BCUT2D eigenvalue weighted by Gasteiger charge is 2.32. The topological polar surface area (TPSA) is 155 Å². The summed E-state index contributed by atoms with van der Waals surface area (Å²) in [5.74, 6) is 1.95. The van der Waals surface area contributed by atoms with E-state index >= 15 is 0 Å². The van der Waals surface area contributed by atoms with Gasteiger partial charge >= 0.3 is 0 Å². The lowest BCUT2D eigenvalue weighted by molar-refractivity contribution is 0.0115. The molecule has 0 aliphatic carbocycles. The van der Waals surface area contributed by atoms with Crippen LogP contribution in [0.15, 0.2) is 54.0 Å². The summed E-state index contributed by atoms with van der Waals surface area (Å²) in [6.45, 7) is 10.6. The average molecular weight is 706 g/mol. The number of H-pyrrole nitrogens is 1. The number of fused-ring (bicyclic) bond motifs is 3. The number of piperidine rings is 1. The van der Waals surface area contributed by atoms with E-state index in [1.807, 2.05) is 24.5 Å². The number of hydrogen-bond donors (Lipinski definition) is 4. The smallest absolute Gasteiger partial charge is 0.231 e. The third-order valence-corrected chi connectivity index (χ3v) is 11.4. The molecule has 3 aliphatic heterocycles. The number of nitrogens with zero attached hydrogens (tertiary/aromatic N) is 7. The van der Waals surface area contributed by atoms with E-state index < -0.39 is 7.92 Å². The van der Waals surface area contributed by atoms with Gasteiger partial charge in [0.1, 0.15) is 17.2 Å². The van der Waals surface area contributed by atoms with Crippen molar-refractivity contribution in [2.45, 2.75) is 25.3 Å². The van der Waals surface area contributed by atoms with Crippen LogP contribution in [0.1, 0.15) is 24.0 Å². The van der Waals surface area contributed by atoms with E-state index in [1.165, 1.54) is 11.3 Å². The molecule has 3 aliphatic rings. The molecule has 0 bridgehead atoms. The van der Waals surface area contributed by atoms with Crippen LogP contribution in [0.4, 0.5) is 28.8 Å². The summed E-state index contributed by atoms with van der Waals surface area (Å²) in [5.41, 5.74) is 14.7. The summed E-state index contributed by atoms with van der Waals surface area (Å²) in [7, 11) is 1.26. The van der Waals surface area contributed by atoms with Gasteiger partial charge in [-0.3, -0.25) is 19.9 Å². The number of morpholine rings is 1. The largest absolute Gasteiger partial charge is 0.491 e. The molecule has 2 saturated heterocycles. The predicted octanol–water partition coefficient (Wildman–Crippen LogP) is 4.99. The van der Waals surface area contributed by atoms with Crippen molar-refractivity contribution in [1.29, 1.82) is 0 Å². The third-order valence-electron chi connectivity index (χ3n) is 10.0. The summed E-state index contributed by atoms with van der Waals surface area (Å²) in [6, 6.07) is 8.74. The maximum atomic E-state index is 6.37. The minimum atomic E-state index is -0.511. The highest BCUT2D eigenvalue weighted by molar-refractivity contribution is 7.65. The lowest BCUT2D eigenvalue weighted by Gasteiger charge is -2.41. The molecule has 51 heavy (non-hydrogen) atoms. The summed E-state index contributed by atoms with van der Waals surface area (Å²) in [5, 5.41) is 9.21. The standard InChI is InChI=1S/C37H44N11O2P/c1-39-22-23(21-38)27-20-30(33-25(9-17-50-33)32(27)48-13-7-24(8-14-48)47-15-18-49-19-16-47)44-37-45-35-26(6-10-42-35)36(46-37)43-29-5-4-28-31(34(29)51(2)3)41-12-11-40-28/h4-6,10-12,20-22,24H,7-9,13-19,38H2,1-3H3,(H3,42,43,44,45,46). The Kier molecular flexibility index (Phi) is 9.42. The second kappa shape index (κ2) is 14.4. The number of aromatic amines is 1. The molecule has 6 heterocycles. The van der Waals surface area contributed by atoms with Crippen molar-refractivity contribution in [1.82, 2.24) is 29.8 Å². The molecular weight excluding hydrogens is 661 g/mol. The molecular formula is C37H44N11O2P. The molecule has 0 amide bonds. The predicted molar refractivity (Wildman–Crippen MR) is 208 cm³/mol. The van der Waals surface area contributed by atoms with Crippen LogP contribution in [-0.2, 0) is 11.2 Å². The molecule has 5 N–H and O–H groups in total. The van der Waals surface area contributed by atoms with Gasteiger partial charge < -0.3 is 35.7 Å². The zero-order chi connectivity index (χ0) is 34.9. The van der Waals surface area contributed by atoms with Crippen molar-refractivity contribution in [2.24, 2.45) is 10.7 Å². The first kappa shape index (κ1) is 33.3. The van der Waals surface area contributed by atoms with Gasteiger partial charge in [0, 0.05) is 104 Å². The number of aromatic nitrogens is 5. The highest BCUT2D eigenvalue weighted by Crippen LogP contribution is 2.46. The lowest BCUT2D eigenvalue weighted by Crippen LogP contribution is -2.49. The fraction of sp³-hybridized carbons (Fsp3) is 0.378. The zero-order valence-electron chi connectivity index (χ0n) is 29.3. The van der Waals surface area contributed by atoms with Crippen molar-refractivity contribution in [3.8, 4) is 5.75 Å². The Labute approximate surface area is 298 Å². The summed E-state index contributed by atoms with van der Waals surface area (Å²) >= 11 is 0. The Bertz CT molecular complexity index is 2120. The lowest BCUT2D eigenvalue weighted by atomic mass is 9.94. The Morgan fingerprint density at radius 2 is 1.84 bits per heavy atom. The van der Waals surface area contributed by atoms with Gasteiger partial charge in [-0.05, 0) is 50.4 Å². The third kappa shape index (κ3) is 6.45. The maximum absolute atomic E-state index is 6.37. The van der Waals surface area contributed by atoms with Gasteiger partial charge in [0.15, 0.2) is 0 Å². The highest BCUT2D eigenvalue weighted by atomic mass is 31.1. The van der Waals surface area contributed by atoms with Crippen LogP contribution in [0, 0.1) is 0 Å². The van der Waals surface area contributed by atoms with Gasteiger partial charge in [0.05, 0.1) is 47.6 Å². The monoisotopic (exact) mass is 705 g/mol. The molecule has 8 rings (SSSR count). The van der Waals surface area contributed by atoms with Crippen LogP contribution in [0.5, 0.6) is 5.75 Å². The molecule has 0 atom stereocenters. The van der Waals surface area contributed by atoms with Gasteiger partial charge in [-0.1, -0.05) is 7.92 Å². The minimum absolute atomic E-state index is 0.440. The molecule has 264 valence electrons. The molecule has 2 aromatic carbocycles. The first-order valence-electron chi connectivity index (χ1n) is 17.6. The van der Waals surface area contributed by atoms with Gasteiger partial charge in [-0.25, -0.2) is 0 Å². The van der Waals surface area contributed by atoms with Crippen LogP contribution in [0.2, 0.25) is 0 Å². The fourth-order valence-electron chi connectivity index (χ4n) is 7.69. The van der Waals surface area contributed by atoms with Crippen molar-refractivity contribution in [3.05, 3.63) is 60.2 Å². The van der Waals surface area contributed by atoms with Crippen molar-refractivity contribution in [3.63, 3.8) is 0 Å². The maximum Gasteiger partial charge on any atom is 0.231 e. The zero-order valence-corrected chi connectivity index (χ0v) is 30.2. The van der Waals surface area contributed by atoms with E-state index in [0.717, 1.165) is 109 Å². The van der Waals surface area contributed by atoms with E-state index in [-0.39, 0.29) is 0 Å². The Hall–Kier alpha value is -4.84. The second-order valence-corrected chi connectivity index (χ2v) is 15.5. The number of nitrogens with two attached hydrogens (primary N) is 1. The number of allylic oxidation sites excluding steroid dienone is 1. The van der Waals surface area contributed by atoms with Crippen LogP contribution in [-0.4, -0.2) is 108 Å². The number of benzene rings is 2. The SMILES string of the molecule is CN=CC(=CN)c1cc(Nc2nc(Nc3ccc4nccnc4c3P(C)C)c3cc[nH]c3n2)c2c(c1N1CCC(N3CCOCC3)CC1)CCO2. The number of ether oxygens (including phenoxy) is 2. The van der Waals surface area contributed by atoms with Gasteiger partial charge in [-0.2, -0.15) is 9.97 Å². The Morgan fingerprint density at radius 3 is 2.63 bits per heavy atom. The fourth-order valence-corrected chi connectivity index (χ4v) is 8.90. The minimum Gasteiger partial charge on any atom is -0.491 e. The first-order chi connectivity index (χ1) is 25.0. The summed E-state index contributed by atoms with van der Waals surface area (Å²) in [6.07, 6.45) is 11.8. The normalized spacial score (nSPS) is 17.5. The number of hydrogen-bond acceptors (Lipinski definition) is 12. The van der Waals surface area contributed by atoms with E-state index in [1.54, 1.807) is 25.6 Å². The molecule has 5 aromatic rings. The number of aliphatic imine (C=N–C) groups is 1. The van der Waals surface area contributed by atoms with Crippen molar-refractivity contribution in [2.75, 3.05) is 81.9 Å². The number of anilines is 5. The molecule has 0 saturated carbocycles. The van der Waals surface area contributed by atoms with Gasteiger partial charge in [-0.15, -0.1) is 0 Å². The molecule has 2 fully saturated rings. The van der Waals surface area contributed by atoms with Crippen LogP contribution < -0.4 is 31.3 Å². The van der Waals surface area contributed by atoms with E-state index in [2.05, 4.69) is 65.8 Å². The second-order valence-electron chi connectivity index (χ2n) is 13.3. The molecule has 0 spiro atoms. The summed E-state index contributed by atoms with van der Waals surface area (Å²) < 4.78 is 12.0. The molecule has 0 unspecified atom stereocenters. The average Bonchev–Trinajstić information content (AvgIpc) is 3.85. The Balaban J connectivity index is 1.16. The van der Waals surface area contributed by atoms with Gasteiger partial charge in [0.25, 0.3) is 0 Å². The van der Waals surface area contributed by atoms with E-state index in [0.29, 0.717) is 30.1 Å². The molecule has 0 radical (unpaired) electrons. The van der Waals surface area contributed by atoms with Gasteiger partial charge in [0.2, 0.25) is 5.95 Å². The van der Waals surface area contributed by atoms with E-state index in [9.17, 15) is 0 Å². The molecule has 14 heteroatoms. The van der Waals surface area contributed by atoms with Crippen LogP contribution >= 0.6 is 7.92 Å². The Morgan fingerprint density at radius 1 is 1.02 bits per heavy atom. The summed E-state index contributed by atoms with van der Waals surface area (Å²) in [4.78, 5) is 31.9. The van der Waals surface area contributed by atoms with Crippen LogP contribution in [0.25, 0.3) is 27.6 Å². The number of nitrogens with one attached hydrogen (secondary N) is 3. The molecule has 3 aromatic heterocycles. The number of rotatable bonds is 9.